The van der Waals surface area contributed by atoms with Crippen molar-refractivity contribution in [2.75, 3.05) is 0 Å². The number of pyridine rings is 2. The van der Waals surface area contributed by atoms with Crippen LogP contribution in [0.4, 0.5) is 0 Å². The van der Waals surface area contributed by atoms with Gasteiger partial charge in [0.25, 0.3) is 0 Å². The molecule has 3 rings (SSSR count). The van der Waals surface area contributed by atoms with E-state index in [1.807, 2.05) is 47.3 Å². The number of nitrogens with zero attached hydrogens (tertiary/aromatic N) is 3. The van der Waals surface area contributed by atoms with E-state index in [0.717, 1.165) is 5.56 Å². The van der Waals surface area contributed by atoms with Crippen LogP contribution in [0.3, 0.4) is 0 Å². The van der Waals surface area contributed by atoms with E-state index in [1.54, 1.807) is 19.3 Å². The Morgan fingerprint density at radius 1 is 1.35 bits per heavy atom. The molecule has 5 nitrogen and oxygen atoms in total. The van der Waals surface area contributed by atoms with Crippen molar-refractivity contribution in [1.82, 2.24) is 10.3 Å². The molecule has 0 saturated heterocycles. The molecule has 0 bridgehead atoms. The minimum absolute atomic E-state index is 0.277. The van der Waals surface area contributed by atoms with E-state index in [-0.39, 0.29) is 10.9 Å². The van der Waals surface area contributed by atoms with Crippen LogP contribution < -0.4 is 9.88 Å². The van der Waals surface area contributed by atoms with Gasteiger partial charge in [-0.2, -0.15) is 9.83 Å². The van der Waals surface area contributed by atoms with E-state index >= 15 is 0 Å². The zero-order valence-electron chi connectivity index (χ0n) is 12.5. The molecule has 0 aliphatic carbocycles. The maximum absolute atomic E-state index is 10.9. The average Bonchev–Trinajstić information content (AvgIpc) is 2.55. The summed E-state index contributed by atoms with van der Waals surface area (Å²) in [4.78, 5) is 4.15. The zero-order chi connectivity index (χ0) is 16.4. The van der Waals surface area contributed by atoms with E-state index in [2.05, 4.69) is 16.4 Å². The summed E-state index contributed by atoms with van der Waals surface area (Å²) in [5.41, 5.74) is -0.0281. The third-order valence-electron chi connectivity index (χ3n) is 4.04. The second kappa shape index (κ2) is 5.95. The number of nitriles is 1. The molecule has 6 heteroatoms. The van der Waals surface area contributed by atoms with Gasteiger partial charge in [-0.05, 0) is 18.6 Å². The van der Waals surface area contributed by atoms with Crippen LogP contribution in [0.1, 0.15) is 24.4 Å². The quantitative estimate of drug-likeness (QED) is 0.643. The highest BCUT2D eigenvalue weighted by Crippen LogP contribution is 2.41. The van der Waals surface area contributed by atoms with E-state index < -0.39 is 11.8 Å². The number of nitrogens with one attached hydrogen (secondary N) is 1. The van der Waals surface area contributed by atoms with Gasteiger partial charge in [0.15, 0.2) is 18.1 Å². The zero-order valence-corrected chi connectivity index (χ0v) is 13.4. The van der Waals surface area contributed by atoms with Gasteiger partial charge in [0.05, 0.1) is 12.0 Å². The van der Waals surface area contributed by atoms with Gasteiger partial charge >= 0.3 is 0 Å². The molecule has 3 heterocycles. The SMILES string of the molecule is C[C@]1(O)NC([S-])=C(C#N)[C@H](c2cccnc2)[C@H]1[n+]1ccccc1. The molecule has 3 atom stereocenters. The lowest BCUT2D eigenvalue weighted by Crippen LogP contribution is -2.63. The molecular formula is C17H16N4OS. The highest BCUT2D eigenvalue weighted by atomic mass is 32.1. The summed E-state index contributed by atoms with van der Waals surface area (Å²) in [6, 6.07) is 11.2. The van der Waals surface area contributed by atoms with Gasteiger partial charge in [-0.25, -0.2) is 0 Å². The molecule has 2 N–H and O–H groups in total. The fraction of sp³-hybridized carbons (Fsp3) is 0.235. The van der Waals surface area contributed by atoms with Gasteiger partial charge in [-0.3, -0.25) is 4.98 Å². The maximum Gasteiger partial charge on any atom is 0.216 e. The molecule has 23 heavy (non-hydrogen) atoms. The lowest BCUT2D eigenvalue weighted by atomic mass is 9.79. The second-order valence-electron chi connectivity index (χ2n) is 5.66. The smallest absolute Gasteiger partial charge is 0.216 e. The van der Waals surface area contributed by atoms with Crippen molar-refractivity contribution in [2.45, 2.75) is 24.6 Å². The summed E-state index contributed by atoms with van der Waals surface area (Å²) in [7, 11) is 0. The first-order chi connectivity index (χ1) is 11.0. The van der Waals surface area contributed by atoms with Gasteiger partial charge in [0, 0.05) is 30.1 Å². The number of aliphatic hydroxyl groups is 1. The highest BCUT2D eigenvalue weighted by Gasteiger charge is 2.50. The van der Waals surface area contributed by atoms with Gasteiger partial charge in [-0.15, -0.1) is 0 Å². The van der Waals surface area contributed by atoms with E-state index in [1.165, 1.54) is 0 Å². The van der Waals surface area contributed by atoms with Crippen LogP contribution >= 0.6 is 0 Å². The normalized spacial score (nSPS) is 27.2. The molecule has 0 saturated carbocycles. The largest absolute Gasteiger partial charge is 0.762 e. The minimum Gasteiger partial charge on any atom is -0.762 e. The molecule has 0 unspecified atom stereocenters. The van der Waals surface area contributed by atoms with Gasteiger partial charge in [0.1, 0.15) is 0 Å². The Morgan fingerprint density at radius 2 is 2.09 bits per heavy atom. The lowest BCUT2D eigenvalue weighted by Gasteiger charge is -2.43. The van der Waals surface area contributed by atoms with Crippen LogP contribution in [0.2, 0.25) is 0 Å². The summed E-state index contributed by atoms with van der Waals surface area (Å²) >= 11 is 5.29. The highest BCUT2D eigenvalue weighted by molar-refractivity contribution is 7.63. The molecule has 0 radical (unpaired) electrons. The Hall–Kier alpha value is -2.49. The molecular weight excluding hydrogens is 308 g/mol. The first-order valence-corrected chi connectivity index (χ1v) is 7.63. The Bertz CT molecular complexity index is 768. The summed E-state index contributed by atoms with van der Waals surface area (Å²) in [6.07, 6.45) is 7.13. The molecule has 0 amide bonds. The maximum atomic E-state index is 10.9. The van der Waals surface area contributed by atoms with Gasteiger partial charge in [-0.1, -0.05) is 17.2 Å². The van der Waals surface area contributed by atoms with Crippen molar-refractivity contribution < 1.29 is 9.67 Å². The molecule has 1 aliphatic heterocycles. The lowest BCUT2D eigenvalue weighted by molar-refractivity contribution is -0.741. The van der Waals surface area contributed by atoms with Gasteiger partial charge < -0.3 is 23.1 Å². The number of hydrogen-bond acceptors (Lipinski definition) is 5. The minimum atomic E-state index is -1.30. The van der Waals surface area contributed by atoms with Crippen molar-refractivity contribution >= 4 is 12.6 Å². The summed E-state index contributed by atoms with van der Waals surface area (Å²) in [5, 5.41) is 23.7. The number of rotatable bonds is 2. The fourth-order valence-electron chi connectivity index (χ4n) is 3.08. The van der Waals surface area contributed by atoms with Crippen molar-refractivity contribution in [3.8, 4) is 6.07 Å². The average molecular weight is 324 g/mol. The predicted molar refractivity (Wildman–Crippen MR) is 86.4 cm³/mol. The van der Waals surface area contributed by atoms with Crippen molar-refractivity contribution in [1.29, 1.82) is 5.26 Å². The molecule has 2 aromatic rings. The summed E-state index contributed by atoms with van der Waals surface area (Å²) < 4.78 is 1.89. The molecule has 0 spiro atoms. The molecule has 116 valence electrons. The van der Waals surface area contributed by atoms with E-state index in [4.69, 9.17) is 12.6 Å². The predicted octanol–water partition coefficient (Wildman–Crippen LogP) is 1.29. The Kier molecular flexibility index (Phi) is 3.99. The van der Waals surface area contributed by atoms with E-state index in [9.17, 15) is 10.4 Å². The van der Waals surface area contributed by atoms with Crippen LogP contribution in [0.25, 0.3) is 0 Å². The monoisotopic (exact) mass is 324 g/mol. The summed E-state index contributed by atoms with van der Waals surface area (Å²) in [5.74, 6) is -0.384. The fourth-order valence-corrected chi connectivity index (χ4v) is 3.46. The number of aromatic nitrogens is 2. The third-order valence-corrected chi connectivity index (χ3v) is 4.36. The van der Waals surface area contributed by atoms with Crippen molar-refractivity contribution in [2.24, 2.45) is 0 Å². The van der Waals surface area contributed by atoms with Crippen molar-refractivity contribution in [3.05, 3.63) is 71.3 Å². The number of allylic oxidation sites excluding steroid dienone is 1. The number of hydrogen-bond donors (Lipinski definition) is 2. The first-order valence-electron chi connectivity index (χ1n) is 7.22. The van der Waals surface area contributed by atoms with Gasteiger partial charge in [0.2, 0.25) is 6.04 Å². The van der Waals surface area contributed by atoms with E-state index in [0.29, 0.717) is 5.57 Å². The Morgan fingerprint density at radius 3 is 2.70 bits per heavy atom. The van der Waals surface area contributed by atoms with Crippen LogP contribution in [0.15, 0.2) is 65.7 Å². The second-order valence-corrected chi connectivity index (χ2v) is 6.07. The summed E-state index contributed by atoms with van der Waals surface area (Å²) in [6.45, 7) is 1.67. The molecule has 0 fully saturated rings. The molecule has 0 aromatic carbocycles. The Balaban J connectivity index is 2.23. The van der Waals surface area contributed by atoms with Crippen LogP contribution in [0, 0.1) is 11.3 Å². The third kappa shape index (κ3) is 2.77. The van der Waals surface area contributed by atoms with Crippen LogP contribution in [-0.4, -0.2) is 15.8 Å². The molecule has 1 aliphatic rings. The first kappa shape index (κ1) is 15.4. The topological polar surface area (TPSA) is 72.8 Å². The standard InChI is InChI=1S/C17H16N4OS/c1-17(22)15(21-8-3-2-4-9-21)14(12-6-5-7-19-11-12)13(10-18)16(23)20-17/h2-9,11,14-15,20,22H,1H3/t14-,15+,17+/m0/s1. The van der Waals surface area contributed by atoms with Crippen LogP contribution in [0.5, 0.6) is 0 Å². The molecule has 2 aromatic heterocycles. The Labute approximate surface area is 140 Å². The van der Waals surface area contributed by atoms with Crippen LogP contribution in [-0.2, 0) is 12.6 Å². The van der Waals surface area contributed by atoms with Crippen molar-refractivity contribution in [3.63, 3.8) is 0 Å².